The van der Waals surface area contributed by atoms with Crippen molar-refractivity contribution in [2.45, 2.75) is 13.5 Å². The number of halogens is 1. The van der Waals surface area contributed by atoms with Crippen LogP contribution in [-0.4, -0.2) is 16.2 Å². The lowest BCUT2D eigenvalue weighted by Crippen LogP contribution is -2.21. The van der Waals surface area contributed by atoms with Crippen molar-refractivity contribution < 1.29 is 13.9 Å². The molecule has 0 unspecified atom stereocenters. The number of benzene rings is 3. The third-order valence-corrected chi connectivity index (χ3v) is 4.98. The average molecular weight is 427 g/mol. The minimum Gasteiger partial charge on any atom is -0.489 e. The molecule has 0 atom stereocenters. The van der Waals surface area contributed by atoms with Crippen molar-refractivity contribution in [3.05, 3.63) is 120 Å². The molecule has 6 heteroatoms. The molecule has 0 aliphatic rings. The van der Waals surface area contributed by atoms with E-state index in [-0.39, 0.29) is 18.3 Å². The summed E-state index contributed by atoms with van der Waals surface area (Å²) in [5.74, 6) is 0.0363. The molecule has 0 saturated carbocycles. The van der Waals surface area contributed by atoms with Crippen LogP contribution in [0.2, 0.25) is 0 Å². The summed E-state index contributed by atoms with van der Waals surface area (Å²) in [4.78, 5) is 12.7. The summed E-state index contributed by atoms with van der Waals surface area (Å²) in [7, 11) is 0. The summed E-state index contributed by atoms with van der Waals surface area (Å²) in [5.41, 5.74) is 5.92. The van der Waals surface area contributed by atoms with Gasteiger partial charge in [-0.25, -0.2) is 9.82 Å². The second-order valence-electron chi connectivity index (χ2n) is 7.15. The Balaban J connectivity index is 1.40. The quantitative estimate of drug-likeness (QED) is 0.319. The molecule has 1 heterocycles. The Kier molecular flexibility index (Phi) is 6.41. The Labute approximate surface area is 185 Å². The summed E-state index contributed by atoms with van der Waals surface area (Å²) >= 11 is 0. The number of para-hydroxylation sites is 1. The zero-order valence-electron chi connectivity index (χ0n) is 17.5. The normalized spacial score (nSPS) is 11.2. The van der Waals surface area contributed by atoms with E-state index in [4.69, 9.17) is 4.74 Å². The topological polar surface area (TPSA) is 55.6 Å². The highest BCUT2D eigenvalue weighted by molar-refractivity contribution is 6.02. The molecule has 4 rings (SSSR count). The molecule has 0 aliphatic heterocycles. The van der Waals surface area contributed by atoms with Crippen LogP contribution in [0.5, 0.6) is 5.75 Å². The van der Waals surface area contributed by atoms with Gasteiger partial charge in [-0.3, -0.25) is 4.79 Å². The highest BCUT2D eigenvalue weighted by Gasteiger charge is 2.11. The van der Waals surface area contributed by atoms with Gasteiger partial charge in [-0.2, -0.15) is 5.10 Å². The highest BCUT2D eigenvalue weighted by atomic mass is 19.1. The fourth-order valence-electron chi connectivity index (χ4n) is 3.21. The third kappa shape index (κ3) is 4.92. The first-order chi connectivity index (χ1) is 15.6. The van der Waals surface area contributed by atoms with Crippen LogP contribution in [0.3, 0.4) is 0 Å². The van der Waals surface area contributed by atoms with Gasteiger partial charge in [0.05, 0.1) is 17.0 Å². The van der Waals surface area contributed by atoms with Crippen LogP contribution >= 0.6 is 0 Å². The molecular formula is C26H22FN3O2. The van der Waals surface area contributed by atoms with Crippen molar-refractivity contribution >= 4 is 11.6 Å². The summed E-state index contributed by atoms with van der Waals surface area (Å²) in [5, 5.41) is 4.25. The van der Waals surface area contributed by atoms with Crippen LogP contribution in [0, 0.1) is 5.82 Å². The van der Waals surface area contributed by atoms with Crippen LogP contribution in [-0.2, 0) is 6.61 Å². The van der Waals surface area contributed by atoms with E-state index in [9.17, 15) is 9.18 Å². The lowest BCUT2D eigenvalue weighted by molar-refractivity contribution is 0.0955. The zero-order valence-corrected chi connectivity index (χ0v) is 17.5. The standard InChI is InChI=1S/C26H22FN3O2/c1-19(20-12-14-22(15-13-20)32-18-21-8-2-4-10-24(21)27)28-29-26(31)23-9-3-5-11-25(23)30-16-6-7-17-30/h2-17H,18H2,1H3,(H,29,31)/b28-19+. The van der Waals surface area contributed by atoms with Gasteiger partial charge >= 0.3 is 0 Å². The summed E-state index contributed by atoms with van der Waals surface area (Å²) in [6.45, 7) is 1.96. The summed E-state index contributed by atoms with van der Waals surface area (Å²) < 4.78 is 21.2. The lowest BCUT2D eigenvalue weighted by Gasteiger charge is -2.10. The van der Waals surface area contributed by atoms with Gasteiger partial charge in [-0.05, 0) is 67.1 Å². The Bertz CT molecular complexity index is 1230. The van der Waals surface area contributed by atoms with Crippen LogP contribution in [0.15, 0.2) is 102 Å². The number of nitrogens with one attached hydrogen (secondary N) is 1. The molecule has 0 saturated heterocycles. The molecule has 0 bridgehead atoms. The van der Waals surface area contributed by atoms with E-state index in [1.165, 1.54) is 6.07 Å². The minimum atomic E-state index is -0.293. The van der Waals surface area contributed by atoms with Crippen LogP contribution in [0.4, 0.5) is 4.39 Å². The number of ether oxygens (including phenoxy) is 1. The zero-order chi connectivity index (χ0) is 22.3. The van der Waals surface area contributed by atoms with Gasteiger partial charge in [0, 0.05) is 18.0 Å². The monoisotopic (exact) mass is 427 g/mol. The Morgan fingerprint density at radius 3 is 2.38 bits per heavy atom. The van der Waals surface area contributed by atoms with Crippen molar-refractivity contribution in [3.8, 4) is 11.4 Å². The second kappa shape index (κ2) is 9.75. The first kappa shape index (κ1) is 21.1. The molecule has 160 valence electrons. The molecule has 0 spiro atoms. The van der Waals surface area contributed by atoms with Gasteiger partial charge in [-0.1, -0.05) is 30.3 Å². The second-order valence-corrected chi connectivity index (χ2v) is 7.15. The van der Waals surface area contributed by atoms with Crippen LogP contribution in [0.1, 0.15) is 28.4 Å². The fourth-order valence-corrected chi connectivity index (χ4v) is 3.21. The van der Waals surface area contributed by atoms with Gasteiger partial charge < -0.3 is 9.30 Å². The molecule has 1 N–H and O–H groups in total. The Morgan fingerprint density at radius 2 is 1.62 bits per heavy atom. The largest absolute Gasteiger partial charge is 0.489 e. The van der Waals surface area contributed by atoms with Crippen molar-refractivity contribution in [2.24, 2.45) is 5.10 Å². The first-order valence-electron chi connectivity index (χ1n) is 10.2. The lowest BCUT2D eigenvalue weighted by atomic mass is 10.1. The highest BCUT2D eigenvalue weighted by Crippen LogP contribution is 2.17. The van der Waals surface area contributed by atoms with E-state index in [2.05, 4.69) is 10.5 Å². The summed E-state index contributed by atoms with van der Waals surface area (Å²) in [6.07, 6.45) is 3.77. The Hall–Kier alpha value is -4.19. The van der Waals surface area contributed by atoms with Gasteiger partial charge in [-0.15, -0.1) is 0 Å². The molecule has 3 aromatic carbocycles. The van der Waals surface area contributed by atoms with Crippen LogP contribution in [0.25, 0.3) is 5.69 Å². The number of aromatic nitrogens is 1. The number of hydrogen-bond donors (Lipinski definition) is 1. The average Bonchev–Trinajstić information content (AvgIpc) is 3.37. The van der Waals surface area contributed by atoms with Crippen molar-refractivity contribution in [3.63, 3.8) is 0 Å². The van der Waals surface area contributed by atoms with E-state index in [0.29, 0.717) is 22.6 Å². The van der Waals surface area contributed by atoms with Crippen molar-refractivity contribution in [1.29, 1.82) is 0 Å². The molecule has 1 amide bonds. The van der Waals surface area contributed by atoms with E-state index in [0.717, 1.165) is 11.3 Å². The Morgan fingerprint density at radius 1 is 0.938 bits per heavy atom. The fraction of sp³-hybridized carbons (Fsp3) is 0.0769. The predicted molar refractivity (Wildman–Crippen MR) is 123 cm³/mol. The molecule has 1 aromatic heterocycles. The van der Waals surface area contributed by atoms with Gasteiger partial charge in [0.25, 0.3) is 5.91 Å². The number of amides is 1. The van der Waals surface area contributed by atoms with Crippen molar-refractivity contribution in [1.82, 2.24) is 9.99 Å². The predicted octanol–water partition coefficient (Wildman–Crippen LogP) is 5.35. The number of carbonyl (C=O) groups is 1. The maximum Gasteiger partial charge on any atom is 0.273 e. The molecular weight excluding hydrogens is 405 g/mol. The van der Waals surface area contributed by atoms with E-state index >= 15 is 0 Å². The molecule has 32 heavy (non-hydrogen) atoms. The number of hydrazone groups is 1. The third-order valence-electron chi connectivity index (χ3n) is 4.98. The number of carbonyl (C=O) groups excluding carboxylic acids is 1. The molecule has 0 radical (unpaired) electrons. The molecule has 5 nitrogen and oxygen atoms in total. The van der Waals surface area contributed by atoms with Crippen molar-refractivity contribution in [2.75, 3.05) is 0 Å². The molecule has 4 aromatic rings. The first-order valence-corrected chi connectivity index (χ1v) is 10.2. The van der Waals surface area contributed by atoms with Gasteiger partial charge in [0.2, 0.25) is 0 Å². The maximum absolute atomic E-state index is 13.7. The minimum absolute atomic E-state index is 0.149. The van der Waals surface area contributed by atoms with Gasteiger partial charge in [0.1, 0.15) is 18.2 Å². The van der Waals surface area contributed by atoms with E-state index in [1.807, 2.05) is 66.3 Å². The number of hydrogen-bond acceptors (Lipinski definition) is 3. The van der Waals surface area contributed by atoms with E-state index in [1.54, 1.807) is 36.4 Å². The molecule has 0 aliphatic carbocycles. The maximum atomic E-state index is 13.7. The number of nitrogens with zero attached hydrogens (tertiary/aromatic N) is 2. The summed E-state index contributed by atoms with van der Waals surface area (Å²) in [6, 6.07) is 24.9. The van der Waals surface area contributed by atoms with Crippen LogP contribution < -0.4 is 10.2 Å². The SMILES string of the molecule is C/C(=N\NC(=O)c1ccccc1-n1cccc1)c1ccc(OCc2ccccc2F)cc1. The number of rotatable bonds is 7. The molecule has 0 fully saturated rings. The van der Waals surface area contributed by atoms with E-state index < -0.39 is 0 Å². The van der Waals surface area contributed by atoms with Gasteiger partial charge in [0.15, 0.2) is 0 Å². The smallest absolute Gasteiger partial charge is 0.273 e.